The average molecular weight is 342 g/mol. The number of aliphatic hydroxyl groups excluding tert-OH is 1. The number of aliphatic hydroxyl groups is 1. The third-order valence-electron chi connectivity index (χ3n) is 6.64. The molecule has 1 aromatic carbocycles. The molecule has 1 saturated carbocycles. The van der Waals surface area contributed by atoms with Crippen molar-refractivity contribution >= 4 is 5.78 Å². The lowest BCUT2D eigenvalue weighted by atomic mass is 9.48. The molecule has 0 unspecified atom stereocenters. The molecule has 0 spiro atoms. The summed E-state index contributed by atoms with van der Waals surface area (Å²) in [6.07, 6.45) is 3.61. The van der Waals surface area contributed by atoms with Crippen molar-refractivity contribution in [3.8, 4) is 5.75 Å². The molecule has 0 aromatic heterocycles. The molecule has 0 aliphatic heterocycles. The van der Waals surface area contributed by atoms with Crippen LogP contribution in [0.3, 0.4) is 0 Å². The van der Waals surface area contributed by atoms with Crippen LogP contribution in [-0.2, 0) is 16.6 Å². The molecule has 2 atom stereocenters. The first-order chi connectivity index (χ1) is 11.7. The Labute approximate surface area is 151 Å². The van der Waals surface area contributed by atoms with Crippen molar-refractivity contribution in [3.63, 3.8) is 0 Å². The van der Waals surface area contributed by atoms with Crippen LogP contribution in [-0.4, -0.2) is 18.0 Å². The number of Topliss-reactive ketones (excluding diaryl/α,β-unsaturated/α-hetero) is 1. The van der Waals surface area contributed by atoms with Crippen LogP contribution in [0.25, 0.3) is 0 Å². The second-order valence-corrected chi connectivity index (χ2v) is 8.75. The summed E-state index contributed by atoms with van der Waals surface area (Å²) in [7, 11) is 1.73. The summed E-state index contributed by atoms with van der Waals surface area (Å²) in [4.78, 5) is 12.8. The molecule has 2 aliphatic carbocycles. The number of carbonyl (C=O) groups excluding carboxylic acids is 1. The maximum Gasteiger partial charge on any atom is 0.167 e. The predicted octanol–water partition coefficient (Wildman–Crippen LogP) is 5.08. The van der Waals surface area contributed by atoms with Gasteiger partial charge < -0.3 is 9.84 Å². The van der Waals surface area contributed by atoms with Crippen LogP contribution in [0.15, 0.2) is 24.0 Å². The molecule has 1 aromatic rings. The van der Waals surface area contributed by atoms with Gasteiger partial charge in [0.25, 0.3) is 0 Å². The molecule has 25 heavy (non-hydrogen) atoms. The van der Waals surface area contributed by atoms with Gasteiger partial charge in [-0.1, -0.05) is 40.7 Å². The van der Waals surface area contributed by atoms with Crippen LogP contribution >= 0.6 is 0 Å². The van der Waals surface area contributed by atoms with E-state index in [1.54, 1.807) is 7.11 Å². The summed E-state index contributed by atoms with van der Waals surface area (Å²) in [5, 5.41) is 9.67. The molecule has 1 fully saturated rings. The van der Waals surface area contributed by atoms with Crippen LogP contribution in [0.4, 0.5) is 0 Å². The number of rotatable bonds is 2. The zero-order valence-corrected chi connectivity index (χ0v) is 16.3. The fourth-order valence-corrected chi connectivity index (χ4v) is 5.58. The minimum atomic E-state index is -0.461. The highest BCUT2D eigenvalue weighted by atomic mass is 16.5. The van der Waals surface area contributed by atoms with Crippen LogP contribution < -0.4 is 4.74 Å². The first-order valence-corrected chi connectivity index (χ1v) is 9.26. The summed E-state index contributed by atoms with van der Waals surface area (Å²) < 4.78 is 5.64. The summed E-state index contributed by atoms with van der Waals surface area (Å²) in [6, 6.07) is 4.26. The summed E-state index contributed by atoms with van der Waals surface area (Å²) >= 11 is 0. The van der Waals surface area contributed by atoms with E-state index in [4.69, 9.17) is 4.74 Å². The van der Waals surface area contributed by atoms with E-state index in [1.165, 1.54) is 16.7 Å². The number of methoxy groups -OCH3 is 1. The zero-order valence-electron chi connectivity index (χ0n) is 16.3. The molecule has 3 heteroatoms. The maximum absolute atomic E-state index is 12.8. The number of hydrogen-bond acceptors (Lipinski definition) is 3. The van der Waals surface area contributed by atoms with E-state index in [0.29, 0.717) is 17.9 Å². The second kappa shape index (κ2) is 5.89. The Morgan fingerprint density at radius 3 is 2.52 bits per heavy atom. The number of ketones is 1. The van der Waals surface area contributed by atoms with Gasteiger partial charge in [0.05, 0.1) is 13.4 Å². The first kappa shape index (κ1) is 18.0. The molecular weight excluding hydrogens is 312 g/mol. The van der Waals surface area contributed by atoms with Gasteiger partial charge in [0, 0.05) is 22.0 Å². The Kier molecular flexibility index (Phi) is 4.25. The minimum absolute atomic E-state index is 0.0959. The SMILES string of the molecule is COc1ccc2c(c1C(C)C)CC[C@H]1C(C)(C)C(=O)/C(=C\O)C[C@]21C. The van der Waals surface area contributed by atoms with E-state index in [1.807, 2.05) is 13.8 Å². The van der Waals surface area contributed by atoms with Crippen LogP contribution in [0.1, 0.15) is 70.1 Å². The Morgan fingerprint density at radius 2 is 1.96 bits per heavy atom. The third kappa shape index (κ3) is 2.43. The Morgan fingerprint density at radius 1 is 1.28 bits per heavy atom. The van der Waals surface area contributed by atoms with E-state index in [0.717, 1.165) is 24.9 Å². The van der Waals surface area contributed by atoms with Crippen molar-refractivity contribution < 1.29 is 14.6 Å². The molecule has 3 nitrogen and oxygen atoms in total. The van der Waals surface area contributed by atoms with Crippen LogP contribution in [0.2, 0.25) is 0 Å². The number of allylic oxidation sites excluding steroid dienone is 1. The zero-order chi connectivity index (χ0) is 18.6. The molecule has 136 valence electrons. The van der Waals surface area contributed by atoms with Gasteiger partial charge in [-0.3, -0.25) is 4.79 Å². The van der Waals surface area contributed by atoms with E-state index in [2.05, 4.69) is 32.9 Å². The molecule has 0 heterocycles. The smallest absolute Gasteiger partial charge is 0.167 e. The van der Waals surface area contributed by atoms with Gasteiger partial charge in [-0.25, -0.2) is 0 Å². The quantitative estimate of drug-likeness (QED) is 0.602. The van der Waals surface area contributed by atoms with E-state index in [-0.39, 0.29) is 17.1 Å². The number of ether oxygens (including phenoxy) is 1. The van der Waals surface area contributed by atoms with Gasteiger partial charge in [0.15, 0.2) is 5.78 Å². The van der Waals surface area contributed by atoms with Gasteiger partial charge >= 0.3 is 0 Å². The molecule has 1 N–H and O–H groups in total. The lowest BCUT2D eigenvalue weighted by Crippen LogP contribution is -2.53. The Hall–Kier alpha value is -1.77. The van der Waals surface area contributed by atoms with Crippen molar-refractivity contribution in [2.24, 2.45) is 11.3 Å². The molecule has 2 aliphatic rings. The summed E-state index contributed by atoms with van der Waals surface area (Å²) in [5.41, 5.74) is 3.96. The van der Waals surface area contributed by atoms with Gasteiger partial charge in [-0.2, -0.15) is 0 Å². The molecular formula is C22H30O3. The van der Waals surface area contributed by atoms with Crippen molar-refractivity contribution in [2.75, 3.05) is 7.11 Å². The van der Waals surface area contributed by atoms with Crippen LogP contribution in [0.5, 0.6) is 5.75 Å². The normalized spacial score (nSPS) is 29.5. The second-order valence-electron chi connectivity index (χ2n) is 8.75. The molecule has 0 bridgehead atoms. The largest absolute Gasteiger partial charge is 0.515 e. The van der Waals surface area contributed by atoms with Gasteiger partial charge in [0.1, 0.15) is 5.75 Å². The number of fused-ring (bicyclic) bond motifs is 3. The monoisotopic (exact) mass is 342 g/mol. The summed E-state index contributed by atoms with van der Waals surface area (Å²) in [5.74, 6) is 1.71. The van der Waals surface area contributed by atoms with Crippen molar-refractivity contribution in [1.29, 1.82) is 0 Å². The third-order valence-corrected chi connectivity index (χ3v) is 6.64. The topological polar surface area (TPSA) is 46.5 Å². The number of carbonyl (C=O) groups is 1. The number of hydrogen-bond donors (Lipinski definition) is 1. The van der Waals surface area contributed by atoms with Crippen molar-refractivity contribution in [2.45, 2.75) is 65.2 Å². The van der Waals surface area contributed by atoms with Crippen LogP contribution in [0, 0.1) is 11.3 Å². The highest BCUT2D eigenvalue weighted by molar-refractivity contribution is 6.01. The highest BCUT2D eigenvalue weighted by Crippen LogP contribution is 2.58. The lowest BCUT2D eigenvalue weighted by molar-refractivity contribution is -0.131. The van der Waals surface area contributed by atoms with E-state index < -0.39 is 5.41 Å². The highest BCUT2D eigenvalue weighted by Gasteiger charge is 2.55. The first-order valence-electron chi connectivity index (χ1n) is 9.26. The average Bonchev–Trinajstić information content (AvgIpc) is 2.56. The Balaban J connectivity index is 2.24. The fraction of sp³-hybridized carbons (Fsp3) is 0.591. The van der Waals surface area contributed by atoms with Crippen molar-refractivity contribution in [1.82, 2.24) is 0 Å². The molecule has 0 radical (unpaired) electrons. The standard InChI is InChI=1S/C22H30O3/c1-13(2)19-15-7-10-18-21(3,4)20(24)14(12-23)11-22(18,5)16(15)8-9-17(19)25-6/h8-9,12-13,18,23H,7,10-11H2,1-6H3/b14-12-/t18-,22+/m0/s1. The Bertz CT molecular complexity index is 742. The van der Waals surface area contributed by atoms with Gasteiger partial charge in [-0.05, 0) is 48.3 Å². The van der Waals surface area contributed by atoms with Crippen molar-refractivity contribution in [3.05, 3.63) is 40.7 Å². The summed E-state index contributed by atoms with van der Waals surface area (Å²) in [6.45, 7) is 10.8. The minimum Gasteiger partial charge on any atom is -0.515 e. The molecule has 3 rings (SSSR count). The number of benzene rings is 1. The van der Waals surface area contributed by atoms with E-state index in [9.17, 15) is 9.90 Å². The maximum atomic E-state index is 12.8. The van der Waals surface area contributed by atoms with Gasteiger partial charge in [0.2, 0.25) is 0 Å². The predicted molar refractivity (Wildman–Crippen MR) is 100 cm³/mol. The van der Waals surface area contributed by atoms with E-state index >= 15 is 0 Å². The lowest BCUT2D eigenvalue weighted by Gasteiger charge is -2.54. The fourth-order valence-electron chi connectivity index (χ4n) is 5.58. The molecule has 0 amide bonds. The van der Waals surface area contributed by atoms with Gasteiger partial charge in [-0.15, -0.1) is 0 Å². The molecule has 0 saturated heterocycles.